The van der Waals surface area contributed by atoms with Gasteiger partial charge in [-0.1, -0.05) is 34.6 Å². The van der Waals surface area contributed by atoms with Crippen molar-refractivity contribution in [1.82, 2.24) is 0 Å². The van der Waals surface area contributed by atoms with Gasteiger partial charge in [-0.15, -0.1) is 0 Å². The molecule has 0 aromatic carbocycles. The largest absolute Gasteiger partial charge is 0.511 e. The van der Waals surface area contributed by atoms with Crippen molar-refractivity contribution in [2.75, 3.05) is 0 Å². The maximum atomic E-state index is 12.6. The summed E-state index contributed by atoms with van der Waals surface area (Å²) in [6.45, 7) is 9.59. The highest BCUT2D eigenvalue weighted by Gasteiger charge is 2.43. The molecular formula is C15H25F3O2. The molecule has 0 aliphatic heterocycles. The van der Waals surface area contributed by atoms with Gasteiger partial charge in [0.15, 0.2) is 5.78 Å². The Kier molecular flexibility index (Phi) is 5.88. The van der Waals surface area contributed by atoms with Crippen LogP contribution in [0.2, 0.25) is 0 Å². The zero-order valence-electron chi connectivity index (χ0n) is 13.1. The van der Waals surface area contributed by atoms with Crippen molar-refractivity contribution >= 4 is 5.78 Å². The molecule has 20 heavy (non-hydrogen) atoms. The van der Waals surface area contributed by atoms with Gasteiger partial charge in [0.2, 0.25) is 0 Å². The maximum absolute atomic E-state index is 12.6. The normalized spacial score (nSPS) is 17.4. The number of rotatable bonds is 6. The van der Waals surface area contributed by atoms with Crippen molar-refractivity contribution in [3.05, 3.63) is 11.3 Å². The van der Waals surface area contributed by atoms with Crippen LogP contribution in [0.15, 0.2) is 11.3 Å². The maximum Gasteiger partial charge on any atom is 0.390 e. The fourth-order valence-corrected chi connectivity index (χ4v) is 2.05. The van der Waals surface area contributed by atoms with Crippen molar-refractivity contribution in [1.29, 1.82) is 0 Å². The number of alkyl halides is 3. The van der Waals surface area contributed by atoms with E-state index in [9.17, 15) is 23.1 Å². The van der Waals surface area contributed by atoms with E-state index in [1.165, 1.54) is 13.8 Å². The third kappa shape index (κ3) is 4.53. The molecule has 5 heteroatoms. The Labute approximate surface area is 119 Å². The van der Waals surface area contributed by atoms with Gasteiger partial charge in [-0.3, -0.25) is 4.79 Å². The minimum absolute atomic E-state index is 0.0328. The van der Waals surface area contributed by atoms with E-state index in [0.29, 0.717) is 6.42 Å². The molecule has 0 aliphatic carbocycles. The molecule has 1 atom stereocenters. The van der Waals surface area contributed by atoms with Gasteiger partial charge < -0.3 is 5.11 Å². The van der Waals surface area contributed by atoms with Crippen LogP contribution in [0.25, 0.3) is 0 Å². The average molecular weight is 294 g/mol. The summed E-state index contributed by atoms with van der Waals surface area (Å²) < 4.78 is 37.9. The molecular weight excluding hydrogens is 269 g/mol. The van der Waals surface area contributed by atoms with Crippen LogP contribution in [0.3, 0.4) is 0 Å². The van der Waals surface area contributed by atoms with Crippen LogP contribution in [0.5, 0.6) is 0 Å². The predicted molar refractivity (Wildman–Crippen MR) is 73.5 cm³/mol. The Hall–Kier alpha value is -1.00. The number of hydrogen-bond donors (Lipinski definition) is 1. The lowest BCUT2D eigenvalue weighted by molar-refractivity contribution is -0.156. The molecule has 0 spiro atoms. The second-order valence-electron chi connectivity index (χ2n) is 6.25. The lowest BCUT2D eigenvalue weighted by Gasteiger charge is -2.31. The number of halogens is 3. The van der Waals surface area contributed by atoms with E-state index in [0.717, 1.165) is 0 Å². The number of carbonyl (C=O) groups is 1. The number of hydrogen-bond acceptors (Lipinski definition) is 2. The molecule has 0 bridgehead atoms. The summed E-state index contributed by atoms with van der Waals surface area (Å²) >= 11 is 0. The van der Waals surface area contributed by atoms with E-state index in [1.807, 2.05) is 6.92 Å². The molecule has 0 saturated heterocycles. The second kappa shape index (κ2) is 6.19. The van der Waals surface area contributed by atoms with Gasteiger partial charge in [0, 0.05) is 16.4 Å². The second-order valence-corrected chi connectivity index (χ2v) is 6.25. The van der Waals surface area contributed by atoms with Gasteiger partial charge in [0.05, 0.1) is 6.42 Å². The summed E-state index contributed by atoms with van der Waals surface area (Å²) in [5.41, 5.74) is -2.11. The number of ketones is 1. The molecule has 0 aromatic heterocycles. The third-order valence-corrected chi connectivity index (χ3v) is 4.14. The van der Waals surface area contributed by atoms with Crippen LogP contribution in [-0.2, 0) is 4.79 Å². The highest BCUT2D eigenvalue weighted by Crippen LogP contribution is 2.42. The Balaban J connectivity index is 5.61. The summed E-state index contributed by atoms with van der Waals surface area (Å²) in [5.74, 6) is -0.747. The van der Waals surface area contributed by atoms with E-state index >= 15 is 0 Å². The summed E-state index contributed by atoms with van der Waals surface area (Å²) in [6.07, 6.45) is -4.87. The van der Waals surface area contributed by atoms with E-state index in [4.69, 9.17) is 0 Å². The summed E-state index contributed by atoms with van der Waals surface area (Å²) in [4.78, 5) is 12.3. The molecule has 0 saturated carbocycles. The Bertz CT molecular complexity index is 394. The summed E-state index contributed by atoms with van der Waals surface area (Å²) in [6, 6.07) is 0. The molecule has 1 N–H and O–H groups in total. The van der Waals surface area contributed by atoms with Gasteiger partial charge in [-0.2, -0.15) is 13.2 Å². The lowest BCUT2D eigenvalue weighted by atomic mass is 9.75. The summed E-state index contributed by atoms with van der Waals surface area (Å²) in [7, 11) is 0. The van der Waals surface area contributed by atoms with Gasteiger partial charge in [-0.05, 0) is 19.8 Å². The Morgan fingerprint density at radius 1 is 1.05 bits per heavy atom. The van der Waals surface area contributed by atoms with Crippen molar-refractivity contribution in [3.63, 3.8) is 0 Å². The molecule has 0 radical (unpaired) electrons. The molecule has 0 amide bonds. The van der Waals surface area contributed by atoms with Gasteiger partial charge in [0.25, 0.3) is 0 Å². The molecule has 2 nitrogen and oxygen atoms in total. The van der Waals surface area contributed by atoms with Gasteiger partial charge in [-0.25, -0.2) is 0 Å². The molecule has 118 valence electrons. The molecule has 0 heterocycles. The fourth-order valence-electron chi connectivity index (χ4n) is 2.05. The van der Waals surface area contributed by atoms with Crippen LogP contribution >= 0.6 is 0 Å². The highest BCUT2D eigenvalue weighted by molar-refractivity contribution is 5.99. The van der Waals surface area contributed by atoms with E-state index in [1.54, 1.807) is 20.8 Å². The quantitative estimate of drug-likeness (QED) is 0.540. The van der Waals surface area contributed by atoms with Crippen molar-refractivity contribution in [2.24, 2.45) is 10.8 Å². The fraction of sp³-hybridized carbons (Fsp3) is 0.800. The van der Waals surface area contributed by atoms with Crippen molar-refractivity contribution in [3.8, 4) is 0 Å². The van der Waals surface area contributed by atoms with Gasteiger partial charge >= 0.3 is 6.18 Å². The van der Waals surface area contributed by atoms with E-state index in [2.05, 4.69) is 0 Å². The van der Waals surface area contributed by atoms with E-state index in [-0.39, 0.29) is 17.8 Å². The van der Waals surface area contributed by atoms with Crippen molar-refractivity contribution in [2.45, 2.75) is 67.0 Å². The molecule has 0 fully saturated rings. The average Bonchev–Trinajstić information content (AvgIpc) is 2.33. The van der Waals surface area contributed by atoms with E-state index < -0.39 is 29.2 Å². The first kappa shape index (κ1) is 19.0. The Morgan fingerprint density at radius 2 is 1.50 bits per heavy atom. The molecule has 0 aromatic rings. The zero-order chi connectivity index (χ0) is 16.4. The molecule has 1 unspecified atom stereocenters. The third-order valence-electron chi connectivity index (χ3n) is 4.14. The van der Waals surface area contributed by atoms with Crippen LogP contribution in [0.4, 0.5) is 13.2 Å². The van der Waals surface area contributed by atoms with Gasteiger partial charge in [0.1, 0.15) is 5.76 Å². The number of Topliss-reactive ketones (excluding diaryl/α,β-unsaturated/α-hetero) is 1. The van der Waals surface area contributed by atoms with Crippen LogP contribution in [-0.4, -0.2) is 17.1 Å². The van der Waals surface area contributed by atoms with Crippen LogP contribution in [0, 0.1) is 10.8 Å². The number of aliphatic hydroxyl groups is 1. The standard InChI is InChI=1S/C15H25F3O2/c1-7-13(4,5)11(19)10(3)12(20)14(6,8-2)9-15(16,17)18/h20H,7-9H2,1-6H3/b12-10-. The van der Waals surface area contributed by atoms with Crippen LogP contribution < -0.4 is 0 Å². The lowest BCUT2D eigenvalue weighted by Crippen LogP contribution is -2.31. The smallest absolute Gasteiger partial charge is 0.390 e. The monoisotopic (exact) mass is 294 g/mol. The zero-order valence-corrected chi connectivity index (χ0v) is 13.1. The first-order valence-corrected chi connectivity index (χ1v) is 6.82. The topological polar surface area (TPSA) is 37.3 Å². The Morgan fingerprint density at radius 3 is 1.80 bits per heavy atom. The van der Waals surface area contributed by atoms with Crippen LogP contribution in [0.1, 0.15) is 60.8 Å². The molecule has 0 aliphatic rings. The number of aliphatic hydroxyl groups excluding tert-OH is 1. The SMILES string of the molecule is CCC(C)(C)C(=O)/C(C)=C(\O)C(C)(CC)CC(F)(F)F. The first-order chi connectivity index (χ1) is 8.80. The minimum Gasteiger partial charge on any atom is -0.511 e. The first-order valence-electron chi connectivity index (χ1n) is 6.82. The predicted octanol–water partition coefficient (Wildman–Crippen LogP) is 5.19. The highest BCUT2D eigenvalue weighted by atomic mass is 19.4. The number of allylic oxidation sites excluding steroid dienone is 2. The number of carbonyl (C=O) groups excluding carboxylic acids is 1. The minimum atomic E-state index is -4.39. The van der Waals surface area contributed by atoms with Crippen molar-refractivity contribution < 1.29 is 23.1 Å². The molecule has 0 rings (SSSR count). The summed E-state index contributed by atoms with van der Waals surface area (Å²) in [5, 5.41) is 10.2.